The van der Waals surface area contributed by atoms with Crippen LogP contribution in [0.2, 0.25) is 0 Å². The maximum atomic E-state index is 13.1. The Labute approximate surface area is 610 Å². The number of carbonyl (C=O) groups excluding carboxylic acids is 4. The fraction of sp³-hybridized carbons (Fsp3) is 0.827. The molecule has 0 amide bonds. The molecule has 0 saturated carbocycles. The van der Waals surface area contributed by atoms with Crippen LogP contribution in [0.25, 0.3) is 0 Å². The lowest BCUT2D eigenvalue weighted by Gasteiger charge is -2.21. The van der Waals surface area contributed by atoms with E-state index in [0.717, 1.165) is 122 Å². The molecule has 0 saturated heterocycles. The molecule has 0 radical (unpaired) electrons. The lowest BCUT2D eigenvalue weighted by atomic mass is 10.0. The molecule has 3 N–H and O–H groups in total. The maximum absolute atomic E-state index is 13.1. The highest BCUT2D eigenvalue weighted by Gasteiger charge is 2.30. The minimum Gasteiger partial charge on any atom is -0.462 e. The summed E-state index contributed by atoms with van der Waals surface area (Å²) in [7, 11) is -9.94. The Kier molecular flexibility index (Phi) is 71.6. The number of aliphatic hydroxyl groups is 1. The second kappa shape index (κ2) is 74.0. The first-order chi connectivity index (χ1) is 48.7. The summed E-state index contributed by atoms with van der Waals surface area (Å²) >= 11 is 0. The summed E-state index contributed by atoms with van der Waals surface area (Å²) in [5, 5.41) is 10.6. The molecule has 5 atom stereocenters. The van der Waals surface area contributed by atoms with Crippen LogP contribution < -0.4 is 0 Å². The lowest BCUT2D eigenvalue weighted by Crippen LogP contribution is -2.30. The van der Waals surface area contributed by atoms with E-state index < -0.39 is 97.5 Å². The highest BCUT2D eigenvalue weighted by Crippen LogP contribution is 2.45. The van der Waals surface area contributed by atoms with Gasteiger partial charge in [0.1, 0.15) is 19.3 Å². The van der Waals surface area contributed by atoms with E-state index in [0.29, 0.717) is 25.7 Å². The summed E-state index contributed by atoms with van der Waals surface area (Å²) in [5.74, 6) is -2.17. The van der Waals surface area contributed by atoms with Crippen molar-refractivity contribution >= 4 is 39.5 Å². The number of rotatable bonds is 77. The van der Waals surface area contributed by atoms with Crippen molar-refractivity contribution in [2.75, 3.05) is 39.6 Å². The summed E-state index contributed by atoms with van der Waals surface area (Å²) in [5.41, 5.74) is 0. The van der Waals surface area contributed by atoms with E-state index in [2.05, 4.69) is 88.5 Å². The summed E-state index contributed by atoms with van der Waals surface area (Å²) in [4.78, 5) is 73.0. The number of allylic oxidation sites excluding steroid dienone is 10. The number of phosphoric acid groups is 2. The fourth-order valence-electron chi connectivity index (χ4n) is 11.4. The van der Waals surface area contributed by atoms with Gasteiger partial charge >= 0.3 is 39.5 Å². The predicted molar refractivity (Wildman–Crippen MR) is 409 cm³/mol. The normalized spacial score (nSPS) is 14.2. The van der Waals surface area contributed by atoms with Gasteiger partial charge in [-0.25, -0.2) is 9.13 Å². The van der Waals surface area contributed by atoms with Gasteiger partial charge in [0.15, 0.2) is 12.2 Å². The summed E-state index contributed by atoms with van der Waals surface area (Å²) in [6.07, 6.45) is 73.4. The van der Waals surface area contributed by atoms with Crippen molar-refractivity contribution in [1.82, 2.24) is 0 Å². The number of ether oxygens (including phenoxy) is 4. The molecule has 5 unspecified atom stereocenters. The molecule has 0 aromatic carbocycles. The van der Waals surface area contributed by atoms with Gasteiger partial charge in [0.2, 0.25) is 0 Å². The highest BCUT2D eigenvalue weighted by molar-refractivity contribution is 7.47. The van der Waals surface area contributed by atoms with Crippen molar-refractivity contribution < 1.29 is 80.2 Å². The molecule has 0 spiro atoms. The molecule has 0 aliphatic heterocycles. The molecule has 0 aromatic heterocycles. The zero-order chi connectivity index (χ0) is 73.2. The Balaban J connectivity index is 5.31. The zero-order valence-corrected chi connectivity index (χ0v) is 65.7. The molecule has 0 bridgehead atoms. The minimum absolute atomic E-state index is 0.0937. The summed E-state index contributed by atoms with van der Waals surface area (Å²) in [6, 6.07) is 0. The van der Waals surface area contributed by atoms with Crippen LogP contribution in [0.3, 0.4) is 0 Å². The van der Waals surface area contributed by atoms with E-state index >= 15 is 0 Å². The van der Waals surface area contributed by atoms with Gasteiger partial charge in [-0.15, -0.1) is 0 Å². The largest absolute Gasteiger partial charge is 0.472 e. The number of aliphatic hydroxyl groups excluding tert-OH is 1. The number of hydrogen-bond acceptors (Lipinski definition) is 15. The third kappa shape index (κ3) is 73.1. The molecule has 0 aromatic rings. The van der Waals surface area contributed by atoms with Crippen LogP contribution in [0.15, 0.2) is 60.8 Å². The van der Waals surface area contributed by atoms with E-state index in [1.54, 1.807) is 0 Å². The maximum Gasteiger partial charge on any atom is 0.472 e. The average Bonchev–Trinajstić information content (AvgIpc) is 0.935. The first kappa shape index (κ1) is 96.8. The van der Waals surface area contributed by atoms with E-state index in [1.165, 1.54) is 173 Å². The molecular formula is C81H148O17P2. The van der Waals surface area contributed by atoms with Crippen LogP contribution in [-0.2, 0) is 65.4 Å². The van der Waals surface area contributed by atoms with Gasteiger partial charge in [-0.05, 0) is 70.6 Å². The quantitative estimate of drug-likeness (QED) is 0.0169. The molecule has 17 nitrogen and oxygen atoms in total. The minimum atomic E-state index is -4.97. The molecule has 0 aliphatic carbocycles. The Morgan fingerprint density at radius 2 is 0.520 bits per heavy atom. The second-order valence-corrected chi connectivity index (χ2v) is 30.3. The van der Waals surface area contributed by atoms with Crippen LogP contribution in [0, 0.1) is 0 Å². The highest BCUT2D eigenvalue weighted by atomic mass is 31.2. The van der Waals surface area contributed by atoms with Gasteiger partial charge < -0.3 is 33.8 Å². The van der Waals surface area contributed by atoms with Crippen molar-refractivity contribution in [3.63, 3.8) is 0 Å². The van der Waals surface area contributed by atoms with Crippen molar-refractivity contribution in [2.24, 2.45) is 0 Å². The van der Waals surface area contributed by atoms with E-state index in [-0.39, 0.29) is 25.7 Å². The van der Waals surface area contributed by atoms with Gasteiger partial charge in [-0.2, -0.15) is 0 Å². The molecule has 100 heavy (non-hydrogen) atoms. The molecule has 0 aliphatic rings. The monoisotopic (exact) mass is 1460 g/mol. The van der Waals surface area contributed by atoms with Crippen LogP contribution in [0.5, 0.6) is 0 Å². The smallest absolute Gasteiger partial charge is 0.462 e. The predicted octanol–water partition coefficient (Wildman–Crippen LogP) is 23.5. The van der Waals surface area contributed by atoms with Crippen LogP contribution in [-0.4, -0.2) is 96.7 Å². The van der Waals surface area contributed by atoms with Crippen molar-refractivity contribution in [3.05, 3.63) is 60.8 Å². The molecule has 19 heteroatoms. The van der Waals surface area contributed by atoms with E-state index in [4.69, 9.17) is 37.0 Å². The van der Waals surface area contributed by atoms with E-state index in [1.807, 2.05) is 0 Å². The third-order valence-corrected chi connectivity index (χ3v) is 19.4. The Morgan fingerprint density at radius 3 is 0.800 bits per heavy atom. The van der Waals surface area contributed by atoms with Crippen molar-refractivity contribution in [3.8, 4) is 0 Å². The SMILES string of the molecule is CC/C=C\C/C=C\C/C=C\C/C=C\C/C=C\CCCCCC(=O)OCC(COP(=O)(O)OCC(O)COP(=O)(O)OCC(COC(=O)CCCCCCCCCCCCCCCCC)OC(=O)CCCCCCCCCCCCCCC)OC(=O)CCCCCCCCCCCCCCC. The number of esters is 4. The second-order valence-electron chi connectivity index (χ2n) is 27.4. The van der Waals surface area contributed by atoms with Gasteiger partial charge in [-0.1, -0.05) is 339 Å². The Morgan fingerprint density at radius 1 is 0.290 bits per heavy atom. The number of hydrogen-bond donors (Lipinski definition) is 3. The third-order valence-electron chi connectivity index (χ3n) is 17.5. The molecule has 0 fully saturated rings. The van der Waals surface area contributed by atoms with Gasteiger partial charge in [-0.3, -0.25) is 37.3 Å². The van der Waals surface area contributed by atoms with Gasteiger partial charge in [0, 0.05) is 25.7 Å². The number of phosphoric ester groups is 2. The molecule has 0 rings (SSSR count). The van der Waals surface area contributed by atoms with Crippen molar-refractivity contribution in [1.29, 1.82) is 0 Å². The number of carbonyl (C=O) groups is 4. The standard InChI is InChI=1S/C81H148O17P2/c1-5-9-13-17-21-25-29-33-35-36-37-38-40-44-46-50-54-58-62-66-79(84)92-72-77(98-81(86)68-64-60-56-52-48-42-32-28-24-20-16-12-8-4)74-96-100(89,90)94-70-75(82)69-93-99(87,88)95-73-76(97-80(85)67-63-59-55-51-47-41-31-27-23-19-15-11-7-3)71-91-78(83)65-61-57-53-49-45-43-39-34-30-26-22-18-14-10-6-2/h9,13,21,25,33,35,37-38,44,46,75-77,82H,5-8,10-12,14-20,22-24,26-32,34,36,39-43,45,47-74H2,1-4H3,(H,87,88)(H,89,90)/b13-9-,25-21-,35-33-,38-37-,46-44-. The number of unbranched alkanes of at least 4 members (excludes halogenated alkanes) is 41. The zero-order valence-electron chi connectivity index (χ0n) is 63.9. The Hall–Kier alpha value is -3.24. The average molecular weight is 1460 g/mol. The molecule has 0 heterocycles. The van der Waals surface area contributed by atoms with Gasteiger partial charge in [0.05, 0.1) is 26.4 Å². The van der Waals surface area contributed by atoms with Crippen LogP contribution in [0.4, 0.5) is 0 Å². The summed E-state index contributed by atoms with van der Waals surface area (Å²) in [6.45, 7) is 4.81. The first-order valence-electron chi connectivity index (χ1n) is 40.5. The lowest BCUT2D eigenvalue weighted by molar-refractivity contribution is -0.161. The molecular weight excluding hydrogens is 1310 g/mol. The first-order valence-corrected chi connectivity index (χ1v) is 43.5. The van der Waals surface area contributed by atoms with Crippen molar-refractivity contribution in [2.45, 2.75) is 393 Å². The summed E-state index contributed by atoms with van der Waals surface area (Å²) < 4.78 is 68.6. The van der Waals surface area contributed by atoms with Crippen LogP contribution >= 0.6 is 15.6 Å². The van der Waals surface area contributed by atoms with E-state index in [9.17, 15) is 43.2 Å². The molecule has 584 valence electrons. The van der Waals surface area contributed by atoms with Crippen LogP contribution in [0.1, 0.15) is 374 Å². The Bertz CT molecular complexity index is 2130. The van der Waals surface area contributed by atoms with Gasteiger partial charge in [0.25, 0.3) is 0 Å². The topological polar surface area (TPSA) is 237 Å². The fourth-order valence-corrected chi connectivity index (χ4v) is 12.9.